The number of hydrogen-bond acceptors (Lipinski definition) is 0. The fourth-order valence-corrected chi connectivity index (χ4v) is 7.12. The van der Waals surface area contributed by atoms with Gasteiger partial charge in [0.15, 0.2) is 21.5 Å². The van der Waals surface area contributed by atoms with E-state index in [1.807, 2.05) is 0 Å². The molecule has 0 N–H and O–H groups in total. The van der Waals surface area contributed by atoms with Crippen LogP contribution in [0.2, 0.25) is 0 Å². The van der Waals surface area contributed by atoms with Gasteiger partial charge in [-0.3, -0.25) is 0 Å². The fourth-order valence-electron chi connectivity index (χ4n) is 2.35. The van der Waals surface area contributed by atoms with Crippen LogP contribution >= 0.6 is 21.5 Å². The van der Waals surface area contributed by atoms with Crippen molar-refractivity contribution in [1.82, 2.24) is 0 Å². The SMILES string of the molecule is Br[P+](c1ccccc1)(c1ccccc1)c1ccccc1.[Br-]. The summed E-state index contributed by atoms with van der Waals surface area (Å²) >= 11 is 4.12. The standard InChI is InChI=1S/C18H15BrP.BrH/c19-20(16-10-4-1-5-11-16,17-12-6-2-7-13-17)18-14-8-3-9-15-18;/h1-15H;1H/q+1;/p-1. The normalized spacial score (nSPS) is 10.7. The molecule has 3 heteroatoms. The minimum absolute atomic E-state index is 0. The average Bonchev–Trinajstić information content (AvgIpc) is 2.56. The maximum absolute atomic E-state index is 4.12. The molecule has 0 spiro atoms. The van der Waals surface area contributed by atoms with Crippen molar-refractivity contribution in [3.05, 3.63) is 91.0 Å². The number of hydrogen-bond donors (Lipinski definition) is 0. The van der Waals surface area contributed by atoms with E-state index in [0.29, 0.717) is 0 Å². The molecular weight excluding hydrogens is 407 g/mol. The minimum atomic E-state index is -1.71. The van der Waals surface area contributed by atoms with Gasteiger partial charge in [-0.25, -0.2) is 0 Å². The zero-order valence-corrected chi connectivity index (χ0v) is 15.4. The summed E-state index contributed by atoms with van der Waals surface area (Å²) in [5.74, 6) is -1.71. The topological polar surface area (TPSA) is 0 Å². The molecule has 106 valence electrons. The summed E-state index contributed by atoms with van der Waals surface area (Å²) in [6.07, 6.45) is 0. The van der Waals surface area contributed by atoms with Crippen LogP contribution in [0.15, 0.2) is 91.0 Å². The minimum Gasteiger partial charge on any atom is -1.00 e. The Kier molecular flexibility index (Phi) is 5.75. The van der Waals surface area contributed by atoms with E-state index >= 15 is 0 Å². The maximum atomic E-state index is 4.12. The van der Waals surface area contributed by atoms with Crippen molar-refractivity contribution in [1.29, 1.82) is 0 Å². The smallest absolute Gasteiger partial charge is 0.181 e. The first-order valence-corrected chi connectivity index (χ1v) is 10.4. The van der Waals surface area contributed by atoms with E-state index in [2.05, 4.69) is 106 Å². The lowest BCUT2D eigenvalue weighted by atomic mass is 10.4. The summed E-state index contributed by atoms with van der Waals surface area (Å²) in [5.41, 5.74) is 0. The van der Waals surface area contributed by atoms with Crippen LogP contribution in [-0.2, 0) is 0 Å². The lowest BCUT2D eigenvalue weighted by Gasteiger charge is -2.19. The number of benzene rings is 3. The number of rotatable bonds is 3. The summed E-state index contributed by atoms with van der Waals surface area (Å²) in [5, 5.41) is 4.03. The molecule has 0 fully saturated rings. The molecule has 0 aromatic heterocycles. The molecule has 0 heterocycles. The van der Waals surface area contributed by atoms with Crippen molar-refractivity contribution in [3.8, 4) is 0 Å². The molecule has 3 aromatic rings. The number of halogens is 2. The monoisotopic (exact) mass is 420 g/mol. The van der Waals surface area contributed by atoms with E-state index in [4.69, 9.17) is 0 Å². The molecule has 0 aliphatic heterocycles. The Balaban J connectivity index is 0.00000161. The molecule has 0 bridgehead atoms. The molecule has 0 amide bonds. The van der Waals surface area contributed by atoms with E-state index < -0.39 is 5.96 Å². The van der Waals surface area contributed by atoms with Gasteiger partial charge in [0.25, 0.3) is 0 Å². The molecule has 0 saturated carbocycles. The van der Waals surface area contributed by atoms with Crippen molar-refractivity contribution in [3.63, 3.8) is 0 Å². The van der Waals surface area contributed by atoms with Gasteiger partial charge in [0, 0.05) is 0 Å². The van der Waals surface area contributed by atoms with E-state index in [0.717, 1.165) is 0 Å². The molecule has 3 rings (SSSR count). The Hall–Kier alpha value is -0.950. The first-order chi connectivity index (χ1) is 9.82. The molecule has 0 saturated heterocycles. The van der Waals surface area contributed by atoms with E-state index in [-0.39, 0.29) is 17.0 Å². The van der Waals surface area contributed by atoms with E-state index in [1.54, 1.807) is 0 Å². The summed E-state index contributed by atoms with van der Waals surface area (Å²) < 4.78 is 0. The third-order valence-corrected chi connectivity index (χ3v) is 10.1. The van der Waals surface area contributed by atoms with Gasteiger partial charge in [0.1, 0.15) is 15.9 Å². The lowest BCUT2D eigenvalue weighted by molar-refractivity contribution is -0.00000367. The first-order valence-electron chi connectivity index (χ1n) is 6.57. The van der Waals surface area contributed by atoms with Gasteiger partial charge >= 0.3 is 0 Å². The molecule has 0 unspecified atom stereocenters. The van der Waals surface area contributed by atoms with Gasteiger partial charge in [0.2, 0.25) is 0 Å². The Morgan fingerprint density at radius 3 is 0.952 bits per heavy atom. The van der Waals surface area contributed by atoms with Gasteiger partial charge < -0.3 is 17.0 Å². The Bertz CT molecular complexity index is 573. The van der Waals surface area contributed by atoms with Crippen LogP contribution < -0.4 is 32.9 Å². The highest BCUT2D eigenvalue weighted by molar-refractivity contribution is 9.44. The zero-order valence-electron chi connectivity index (χ0n) is 11.4. The molecule has 0 nitrogen and oxygen atoms in total. The molecule has 0 aliphatic rings. The predicted octanol–water partition coefficient (Wildman–Crippen LogP) is 1.29. The van der Waals surface area contributed by atoms with Crippen molar-refractivity contribution in [2.45, 2.75) is 0 Å². The van der Waals surface area contributed by atoms with E-state index in [9.17, 15) is 0 Å². The maximum Gasteiger partial charge on any atom is 0.181 e. The Labute approximate surface area is 145 Å². The van der Waals surface area contributed by atoms with Gasteiger partial charge in [0.05, 0.1) is 0 Å². The highest BCUT2D eigenvalue weighted by Crippen LogP contribution is 2.62. The van der Waals surface area contributed by atoms with Crippen LogP contribution in [0, 0.1) is 0 Å². The van der Waals surface area contributed by atoms with Gasteiger partial charge in [-0.15, -0.1) is 0 Å². The van der Waals surface area contributed by atoms with Crippen LogP contribution in [0.3, 0.4) is 0 Å². The molecule has 21 heavy (non-hydrogen) atoms. The molecule has 3 aromatic carbocycles. The summed E-state index contributed by atoms with van der Waals surface area (Å²) in [4.78, 5) is 0. The van der Waals surface area contributed by atoms with Crippen molar-refractivity contribution >= 4 is 37.4 Å². The zero-order chi connectivity index (χ0) is 13.8. The largest absolute Gasteiger partial charge is 1.00 e. The van der Waals surface area contributed by atoms with Crippen LogP contribution in [0.4, 0.5) is 0 Å². The van der Waals surface area contributed by atoms with E-state index in [1.165, 1.54) is 15.9 Å². The van der Waals surface area contributed by atoms with Crippen molar-refractivity contribution in [2.24, 2.45) is 0 Å². The highest BCUT2D eigenvalue weighted by atomic mass is 79.9. The molecule has 0 aliphatic carbocycles. The van der Waals surface area contributed by atoms with Crippen LogP contribution in [0.5, 0.6) is 0 Å². The van der Waals surface area contributed by atoms with Crippen LogP contribution in [-0.4, -0.2) is 0 Å². The Morgan fingerprint density at radius 2 is 0.714 bits per heavy atom. The van der Waals surface area contributed by atoms with Crippen LogP contribution in [0.25, 0.3) is 0 Å². The molecule has 0 radical (unpaired) electrons. The van der Waals surface area contributed by atoms with Gasteiger partial charge in [-0.2, -0.15) is 0 Å². The Morgan fingerprint density at radius 1 is 0.476 bits per heavy atom. The predicted molar refractivity (Wildman–Crippen MR) is 94.1 cm³/mol. The average molecular weight is 422 g/mol. The molecule has 0 atom stereocenters. The van der Waals surface area contributed by atoms with Gasteiger partial charge in [-0.1, -0.05) is 54.6 Å². The quantitative estimate of drug-likeness (QED) is 0.559. The highest BCUT2D eigenvalue weighted by Gasteiger charge is 2.43. The van der Waals surface area contributed by atoms with Gasteiger partial charge in [-0.05, 0) is 36.4 Å². The third kappa shape index (κ3) is 3.29. The first kappa shape index (κ1) is 16.4. The second-order valence-corrected chi connectivity index (χ2v) is 10.5. The molecular formula is C18H15Br2P. The lowest BCUT2D eigenvalue weighted by Crippen LogP contribution is -3.00. The third-order valence-electron chi connectivity index (χ3n) is 3.34. The summed E-state index contributed by atoms with van der Waals surface area (Å²) in [6.45, 7) is 0. The second-order valence-electron chi connectivity index (χ2n) is 4.60. The summed E-state index contributed by atoms with van der Waals surface area (Å²) in [6, 6.07) is 32.1. The summed E-state index contributed by atoms with van der Waals surface area (Å²) in [7, 11) is 0. The van der Waals surface area contributed by atoms with Crippen molar-refractivity contribution in [2.75, 3.05) is 0 Å². The second kappa shape index (κ2) is 7.35. The van der Waals surface area contributed by atoms with Crippen molar-refractivity contribution < 1.29 is 17.0 Å². The fraction of sp³-hybridized carbons (Fsp3) is 0. The van der Waals surface area contributed by atoms with Crippen LogP contribution in [0.1, 0.15) is 0 Å².